The van der Waals surface area contributed by atoms with Gasteiger partial charge in [-0.05, 0) is 13.0 Å². The van der Waals surface area contributed by atoms with E-state index >= 15 is 0 Å². The molecule has 0 saturated carbocycles. The number of nitrogens with zero attached hydrogens (tertiary/aromatic N) is 1. The molecule has 18 heavy (non-hydrogen) atoms. The molecule has 0 aliphatic rings. The molecule has 1 aromatic carbocycles. The zero-order valence-corrected chi connectivity index (χ0v) is 10.0. The van der Waals surface area contributed by atoms with Gasteiger partial charge in [0.1, 0.15) is 6.04 Å². The Balaban J connectivity index is 3.21. The number of hydrogen-bond acceptors (Lipinski definition) is 5. The second-order valence-corrected chi connectivity index (χ2v) is 5.09. The third kappa shape index (κ3) is 3.02. The smallest absolute Gasteiger partial charge is 0.321 e. The summed E-state index contributed by atoms with van der Waals surface area (Å²) >= 11 is 0. The van der Waals surface area contributed by atoms with Crippen LogP contribution >= 0.6 is 0 Å². The number of carboxylic acids is 1. The van der Waals surface area contributed by atoms with Crippen LogP contribution in [0.1, 0.15) is 6.92 Å². The Bertz CT molecular complexity index is 582. The Hall–Kier alpha value is -2.00. The summed E-state index contributed by atoms with van der Waals surface area (Å²) in [6.07, 6.45) is 0. The molecule has 0 aliphatic heterocycles. The van der Waals surface area contributed by atoms with Crippen LogP contribution in [0, 0.1) is 10.1 Å². The van der Waals surface area contributed by atoms with Crippen molar-refractivity contribution >= 4 is 21.7 Å². The molecule has 0 heterocycles. The van der Waals surface area contributed by atoms with Crippen LogP contribution in [0.5, 0.6) is 0 Å². The lowest BCUT2D eigenvalue weighted by molar-refractivity contribution is -0.387. The van der Waals surface area contributed by atoms with Crippen molar-refractivity contribution in [3.05, 3.63) is 34.4 Å². The van der Waals surface area contributed by atoms with Crippen molar-refractivity contribution in [2.75, 3.05) is 0 Å². The highest BCUT2D eigenvalue weighted by Gasteiger charge is 2.28. The molecule has 1 rings (SSSR count). The van der Waals surface area contributed by atoms with Gasteiger partial charge >= 0.3 is 5.97 Å². The predicted octanol–water partition coefficient (Wildman–Crippen LogP) is 0.346. The Kier molecular flexibility index (Phi) is 3.99. The average molecular weight is 274 g/mol. The minimum absolute atomic E-state index is 0.567. The second-order valence-electron chi connectivity index (χ2n) is 3.41. The van der Waals surface area contributed by atoms with Crippen LogP contribution in [0.4, 0.5) is 5.69 Å². The van der Waals surface area contributed by atoms with Crippen molar-refractivity contribution < 1.29 is 23.2 Å². The van der Waals surface area contributed by atoms with Crippen LogP contribution in [0.2, 0.25) is 0 Å². The van der Waals surface area contributed by atoms with E-state index < -0.39 is 37.5 Å². The van der Waals surface area contributed by atoms with Crippen molar-refractivity contribution in [1.29, 1.82) is 0 Å². The number of sulfonamides is 1. The first-order chi connectivity index (χ1) is 8.25. The maximum absolute atomic E-state index is 11.8. The van der Waals surface area contributed by atoms with Gasteiger partial charge in [-0.3, -0.25) is 14.9 Å². The molecule has 98 valence electrons. The molecule has 0 saturated heterocycles. The monoisotopic (exact) mass is 274 g/mol. The quantitative estimate of drug-likeness (QED) is 0.589. The van der Waals surface area contributed by atoms with Gasteiger partial charge in [-0.2, -0.15) is 4.72 Å². The first-order valence-electron chi connectivity index (χ1n) is 4.74. The summed E-state index contributed by atoms with van der Waals surface area (Å²) < 4.78 is 25.4. The topological polar surface area (TPSA) is 127 Å². The van der Waals surface area contributed by atoms with Crippen LogP contribution < -0.4 is 4.72 Å². The maximum atomic E-state index is 11.8. The van der Waals surface area contributed by atoms with Crippen molar-refractivity contribution in [2.45, 2.75) is 17.9 Å². The number of hydrogen-bond donors (Lipinski definition) is 2. The second kappa shape index (κ2) is 5.10. The normalized spacial score (nSPS) is 12.9. The lowest BCUT2D eigenvalue weighted by atomic mass is 10.3. The Morgan fingerprint density at radius 3 is 2.50 bits per heavy atom. The Morgan fingerprint density at radius 1 is 1.44 bits per heavy atom. The number of para-hydroxylation sites is 1. The summed E-state index contributed by atoms with van der Waals surface area (Å²) in [5.41, 5.74) is -0.609. The average Bonchev–Trinajstić information content (AvgIpc) is 2.28. The van der Waals surface area contributed by atoms with Crippen LogP contribution in [0.25, 0.3) is 0 Å². The molecule has 1 atom stereocenters. The molecule has 0 radical (unpaired) electrons. The van der Waals surface area contributed by atoms with Crippen molar-refractivity contribution in [3.8, 4) is 0 Å². The van der Waals surface area contributed by atoms with E-state index in [0.717, 1.165) is 19.1 Å². The van der Waals surface area contributed by atoms with Crippen molar-refractivity contribution in [2.24, 2.45) is 0 Å². The van der Waals surface area contributed by atoms with E-state index in [1.807, 2.05) is 4.72 Å². The summed E-state index contributed by atoms with van der Waals surface area (Å²) in [4.78, 5) is 19.8. The number of rotatable bonds is 5. The fourth-order valence-electron chi connectivity index (χ4n) is 1.18. The van der Waals surface area contributed by atoms with E-state index in [-0.39, 0.29) is 0 Å². The van der Waals surface area contributed by atoms with Crippen molar-refractivity contribution in [3.63, 3.8) is 0 Å². The SMILES string of the molecule is C[C@@H](NS(=O)(=O)c1ccccc1[N+](=O)[O-])C(=O)O. The van der Waals surface area contributed by atoms with Gasteiger partial charge in [0.2, 0.25) is 10.0 Å². The van der Waals surface area contributed by atoms with E-state index in [1.54, 1.807) is 0 Å². The molecule has 0 bridgehead atoms. The van der Waals surface area contributed by atoms with Gasteiger partial charge < -0.3 is 5.11 Å². The molecule has 0 spiro atoms. The molecule has 8 nitrogen and oxygen atoms in total. The molecule has 0 aromatic heterocycles. The number of nitrogens with one attached hydrogen (secondary N) is 1. The molecule has 0 fully saturated rings. The molecule has 0 unspecified atom stereocenters. The highest BCUT2D eigenvalue weighted by Crippen LogP contribution is 2.22. The standard InChI is InChI=1S/C9H10N2O6S/c1-6(9(12)13)10-18(16,17)8-5-3-2-4-7(8)11(14)15/h2-6,10H,1H3,(H,12,13)/t6-/m1/s1. The highest BCUT2D eigenvalue weighted by molar-refractivity contribution is 7.89. The van der Waals surface area contributed by atoms with Crippen LogP contribution in [0.15, 0.2) is 29.2 Å². The number of carbonyl (C=O) groups is 1. The number of benzene rings is 1. The summed E-state index contributed by atoms with van der Waals surface area (Å²) in [6.45, 7) is 1.12. The van der Waals surface area contributed by atoms with Gasteiger partial charge in [0.05, 0.1) is 4.92 Å². The van der Waals surface area contributed by atoms with Gasteiger partial charge in [0.15, 0.2) is 4.90 Å². The van der Waals surface area contributed by atoms with E-state index in [9.17, 15) is 23.3 Å². The lowest BCUT2D eigenvalue weighted by Gasteiger charge is -2.10. The van der Waals surface area contributed by atoms with Crippen LogP contribution in [-0.2, 0) is 14.8 Å². The Labute approximate surface area is 102 Å². The summed E-state index contributed by atoms with van der Waals surface area (Å²) in [5, 5.41) is 19.3. The first kappa shape index (κ1) is 14.1. The fraction of sp³-hybridized carbons (Fsp3) is 0.222. The Morgan fingerprint density at radius 2 is 2.00 bits per heavy atom. The molecular formula is C9H10N2O6S. The molecule has 0 amide bonds. The summed E-state index contributed by atoms with van der Waals surface area (Å²) in [5.74, 6) is -1.38. The molecule has 2 N–H and O–H groups in total. The van der Waals surface area contributed by atoms with Gasteiger partial charge in [-0.1, -0.05) is 12.1 Å². The molecule has 0 aliphatic carbocycles. The van der Waals surface area contributed by atoms with Gasteiger partial charge in [0, 0.05) is 6.07 Å². The van der Waals surface area contributed by atoms with Gasteiger partial charge in [0.25, 0.3) is 5.69 Å². The number of nitro benzene ring substituents is 1. The van der Waals surface area contributed by atoms with E-state index in [4.69, 9.17) is 5.11 Å². The van der Waals surface area contributed by atoms with E-state index in [1.165, 1.54) is 12.1 Å². The number of nitro groups is 1. The number of carboxylic acid groups (broad SMARTS) is 1. The third-order valence-electron chi connectivity index (χ3n) is 2.05. The highest BCUT2D eigenvalue weighted by atomic mass is 32.2. The van der Waals surface area contributed by atoms with Crippen molar-refractivity contribution in [1.82, 2.24) is 4.72 Å². The predicted molar refractivity (Wildman–Crippen MR) is 60.5 cm³/mol. The molecular weight excluding hydrogens is 264 g/mol. The van der Waals surface area contributed by atoms with Gasteiger partial charge in [-0.25, -0.2) is 8.42 Å². The largest absolute Gasteiger partial charge is 0.480 e. The minimum Gasteiger partial charge on any atom is -0.480 e. The van der Waals surface area contributed by atoms with E-state index in [0.29, 0.717) is 0 Å². The number of aliphatic carboxylic acids is 1. The summed E-state index contributed by atoms with van der Waals surface area (Å²) in [6, 6.07) is 3.31. The maximum Gasteiger partial charge on any atom is 0.321 e. The first-order valence-corrected chi connectivity index (χ1v) is 6.22. The molecule has 9 heteroatoms. The zero-order chi connectivity index (χ0) is 13.9. The van der Waals surface area contributed by atoms with E-state index in [2.05, 4.69) is 0 Å². The fourth-order valence-corrected chi connectivity index (χ4v) is 2.55. The lowest BCUT2D eigenvalue weighted by Crippen LogP contribution is -2.38. The van der Waals surface area contributed by atoms with Gasteiger partial charge in [-0.15, -0.1) is 0 Å². The third-order valence-corrected chi connectivity index (χ3v) is 3.64. The zero-order valence-electron chi connectivity index (χ0n) is 9.23. The minimum atomic E-state index is -4.25. The van der Waals surface area contributed by atoms with Crippen LogP contribution in [-0.4, -0.2) is 30.5 Å². The summed E-state index contributed by atoms with van der Waals surface area (Å²) in [7, 11) is -4.25. The molecule has 1 aromatic rings. The van der Waals surface area contributed by atoms with Crippen LogP contribution in [0.3, 0.4) is 0 Å².